The van der Waals surface area contributed by atoms with Crippen molar-refractivity contribution in [1.29, 1.82) is 0 Å². The molecule has 1 aliphatic heterocycles. The van der Waals surface area contributed by atoms with Crippen LogP contribution in [0.15, 0.2) is 24.3 Å². The van der Waals surface area contributed by atoms with Gasteiger partial charge in [-0.1, -0.05) is 6.07 Å². The van der Waals surface area contributed by atoms with E-state index in [1.165, 1.54) is 11.0 Å². The number of alkyl halides is 3. The first-order valence-electron chi connectivity index (χ1n) is 6.51. The molecule has 0 bridgehead atoms. The molecule has 6 heteroatoms. The molecular formula is C13H19F3N2O+2. The first-order chi connectivity index (χ1) is 9.05. The van der Waals surface area contributed by atoms with Gasteiger partial charge in [-0.15, -0.1) is 0 Å². The highest BCUT2D eigenvalue weighted by atomic mass is 19.4. The van der Waals surface area contributed by atoms with E-state index in [0.29, 0.717) is 6.61 Å². The molecule has 0 radical (unpaired) electrons. The van der Waals surface area contributed by atoms with Gasteiger partial charge in [-0.3, -0.25) is 0 Å². The Morgan fingerprint density at radius 1 is 1.21 bits per heavy atom. The third-order valence-corrected chi connectivity index (χ3v) is 3.29. The summed E-state index contributed by atoms with van der Waals surface area (Å²) in [6.45, 7) is 5.69. The van der Waals surface area contributed by atoms with Crippen molar-refractivity contribution in [2.24, 2.45) is 0 Å². The average molecular weight is 276 g/mol. The average Bonchev–Trinajstić information content (AvgIpc) is 2.39. The standard InChI is InChI=1S/C13H17F3N2O/c14-13(15,16)11-2-1-3-12(10-11)19-9-8-18-6-4-17-5-7-18/h1-3,10,17H,4-9H2/p+2. The van der Waals surface area contributed by atoms with E-state index in [0.717, 1.165) is 44.9 Å². The van der Waals surface area contributed by atoms with Gasteiger partial charge in [0, 0.05) is 0 Å². The van der Waals surface area contributed by atoms with Gasteiger partial charge < -0.3 is 15.0 Å². The lowest BCUT2D eigenvalue weighted by Gasteiger charge is -2.22. The Hall–Kier alpha value is -1.27. The summed E-state index contributed by atoms with van der Waals surface area (Å²) < 4.78 is 43.0. The topological polar surface area (TPSA) is 30.3 Å². The number of nitrogens with one attached hydrogen (secondary N) is 1. The van der Waals surface area contributed by atoms with Crippen LogP contribution < -0.4 is 15.0 Å². The first-order valence-corrected chi connectivity index (χ1v) is 6.51. The monoisotopic (exact) mass is 276 g/mol. The van der Waals surface area contributed by atoms with E-state index in [1.807, 2.05) is 0 Å². The largest absolute Gasteiger partial charge is 0.488 e. The lowest BCUT2D eigenvalue weighted by Crippen LogP contribution is -3.20. The van der Waals surface area contributed by atoms with Crippen LogP contribution in [0.5, 0.6) is 5.75 Å². The molecule has 0 atom stereocenters. The van der Waals surface area contributed by atoms with Crippen LogP contribution in [-0.4, -0.2) is 39.3 Å². The predicted molar refractivity (Wildman–Crippen MR) is 64.2 cm³/mol. The highest BCUT2D eigenvalue weighted by Gasteiger charge is 2.30. The highest BCUT2D eigenvalue weighted by molar-refractivity contribution is 5.30. The molecule has 2 rings (SSSR count). The fourth-order valence-electron chi connectivity index (χ4n) is 2.21. The maximum absolute atomic E-state index is 12.5. The third-order valence-electron chi connectivity index (χ3n) is 3.29. The molecule has 1 aromatic rings. The Bertz CT molecular complexity index is 403. The van der Waals surface area contributed by atoms with Gasteiger partial charge in [0.2, 0.25) is 0 Å². The Labute approximate surface area is 110 Å². The Morgan fingerprint density at radius 2 is 1.95 bits per heavy atom. The van der Waals surface area contributed by atoms with Gasteiger partial charge >= 0.3 is 6.18 Å². The van der Waals surface area contributed by atoms with Crippen LogP contribution in [0.25, 0.3) is 0 Å². The van der Waals surface area contributed by atoms with E-state index in [4.69, 9.17) is 4.74 Å². The lowest BCUT2D eigenvalue weighted by molar-refractivity contribution is -0.946. The predicted octanol–water partition coefficient (Wildman–Crippen LogP) is -0.454. The van der Waals surface area contributed by atoms with Crippen molar-refractivity contribution in [1.82, 2.24) is 0 Å². The molecule has 0 spiro atoms. The van der Waals surface area contributed by atoms with Crippen LogP contribution in [0.3, 0.4) is 0 Å². The molecule has 1 fully saturated rings. The van der Waals surface area contributed by atoms with E-state index >= 15 is 0 Å². The van der Waals surface area contributed by atoms with Crippen molar-refractivity contribution in [3.63, 3.8) is 0 Å². The second-order valence-corrected chi connectivity index (χ2v) is 4.74. The summed E-state index contributed by atoms with van der Waals surface area (Å²) >= 11 is 0. The number of benzene rings is 1. The van der Waals surface area contributed by atoms with Crippen LogP contribution in [0, 0.1) is 0 Å². The Balaban J connectivity index is 1.82. The molecule has 19 heavy (non-hydrogen) atoms. The molecule has 0 amide bonds. The normalized spacial score (nSPS) is 17.4. The fourth-order valence-corrected chi connectivity index (χ4v) is 2.21. The van der Waals surface area contributed by atoms with E-state index in [2.05, 4.69) is 5.32 Å². The van der Waals surface area contributed by atoms with E-state index < -0.39 is 11.7 Å². The summed E-state index contributed by atoms with van der Waals surface area (Å²) in [6.07, 6.45) is -4.31. The maximum atomic E-state index is 12.5. The highest BCUT2D eigenvalue weighted by Crippen LogP contribution is 2.31. The zero-order valence-electron chi connectivity index (χ0n) is 10.7. The summed E-state index contributed by atoms with van der Waals surface area (Å²) in [7, 11) is 0. The van der Waals surface area contributed by atoms with Crippen LogP contribution in [-0.2, 0) is 6.18 Å². The number of halogens is 3. The van der Waals surface area contributed by atoms with Gasteiger partial charge in [0.15, 0.2) is 0 Å². The second kappa shape index (κ2) is 6.25. The SMILES string of the molecule is FC(F)(F)c1cccc(OCC[NH+]2CC[NH2+]CC2)c1. The number of rotatable bonds is 4. The van der Waals surface area contributed by atoms with Crippen molar-refractivity contribution >= 4 is 0 Å². The van der Waals surface area contributed by atoms with Crippen LogP contribution in [0.2, 0.25) is 0 Å². The fraction of sp³-hybridized carbons (Fsp3) is 0.538. The van der Waals surface area contributed by atoms with Crippen molar-refractivity contribution in [2.75, 3.05) is 39.3 Å². The lowest BCUT2D eigenvalue weighted by atomic mass is 10.2. The molecule has 1 heterocycles. The van der Waals surface area contributed by atoms with Crippen molar-refractivity contribution in [2.45, 2.75) is 6.18 Å². The zero-order valence-corrected chi connectivity index (χ0v) is 10.7. The third kappa shape index (κ3) is 4.40. The smallest absolute Gasteiger partial charge is 0.416 e. The van der Waals surface area contributed by atoms with E-state index in [-0.39, 0.29) is 5.75 Å². The number of nitrogens with two attached hydrogens (primary N) is 1. The summed E-state index contributed by atoms with van der Waals surface area (Å²) in [4.78, 5) is 1.45. The van der Waals surface area contributed by atoms with Crippen LogP contribution in [0.1, 0.15) is 5.56 Å². The quantitative estimate of drug-likeness (QED) is 0.766. The Kier molecular flexibility index (Phi) is 4.66. The second-order valence-electron chi connectivity index (χ2n) is 4.74. The van der Waals surface area contributed by atoms with Gasteiger partial charge in [0.25, 0.3) is 0 Å². The van der Waals surface area contributed by atoms with Crippen molar-refractivity contribution in [3.05, 3.63) is 29.8 Å². The van der Waals surface area contributed by atoms with Crippen molar-refractivity contribution in [3.8, 4) is 5.75 Å². The zero-order chi connectivity index (χ0) is 13.7. The molecule has 0 aliphatic carbocycles. The number of ether oxygens (including phenoxy) is 1. The van der Waals surface area contributed by atoms with Crippen molar-refractivity contribution < 1.29 is 28.1 Å². The molecule has 0 aromatic heterocycles. The minimum atomic E-state index is -4.31. The summed E-state index contributed by atoms with van der Waals surface area (Å²) in [5.74, 6) is 0.290. The molecule has 1 saturated heterocycles. The number of hydrogen-bond donors (Lipinski definition) is 2. The molecule has 1 aliphatic rings. The first kappa shape index (κ1) is 14.1. The van der Waals surface area contributed by atoms with E-state index in [9.17, 15) is 13.2 Å². The van der Waals surface area contributed by atoms with Gasteiger partial charge in [-0.05, 0) is 18.2 Å². The van der Waals surface area contributed by atoms with Gasteiger partial charge in [0.1, 0.15) is 45.1 Å². The van der Waals surface area contributed by atoms with Crippen LogP contribution >= 0.6 is 0 Å². The molecule has 0 unspecified atom stereocenters. The number of quaternary nitrogens is 2. The van der Waals surface area contributed by atoms with Gasteiger partial charge in [-0.2, -0.15) is 13.2 Å². The van der Waals surface area contributed by atoms with Crippen LogP contribution in [0.4, 0.5) is 13.2 Å². The molecule has 0 saturated carbocycles. The molecule has 106 valence electrons. The minimum absolute atomic E-state index is 0.290. The molecule has 1 aromatic carbocycles. The Morgan fingerprint density at radius 3 is 2.63 bits per heavy atom. The molecular weight excluding hydrogens is 257 g/mol. The van der Waals surface area contributed by atoms with Gasteiger partial charge in [0.05, 0.1) is 5.56 Å². The summed E-state index contributed by atoms with van der Waals surface area (Å²) in [5, 5.41) is 2.27. The number of piperazine rings is 1. The number of hydrogen-bond acceptors (Lipinski definition) is 1. The maximum Gasteiger partial charge on any atom is 0.416 e. The summed E-state index contributed by atoms with van der Waals surface area (Å²) in [6, 6.07) is 5.05. The van der Waals surface area contributed by atoms with E-state index in [1.54, 1.807) is 6.07 Å². The minimum Gasteiger partial charge on any atom is -0.488 e. The summed E-state index contributed by atoms with van der Waals surface area (Å²) in [5.41, 5.74) is -0.662. The van der Waals surface area contributed by atoms with Gasteiger partial charge in [-0.25, -0.2) is 0 Å². The molecule has 3 nitrogen and oxygen atoms in total. The molecule has 3 N–H and O–H groups in total.